The number of carbonyl (C=O) groups is 1. The Bertz CT molecular complexity index is 957. The summed E-state index contributed by atoms with van der Waals surface area (Å²) in [7, 11) is 0. The lowest BCUT2D eigenvalue weighted by Gasteiger charge is -2.38. The normalized spacial score (nSPS) is 18.2. The molecule has 4 heterocycles. The fraction of sp³-hybridized carbons (Fsp3) is 0.381. The van der Waals surface area contributed by atoms with Gasteiger partial charge < -0.3 is 19.4 Å². The number of benzene rings is 1. The SMILES string of the molecule is O=C(c1nc2ccccc2[nH]1)N1CC(Oc2ncccc2C2CCOCC2)C1. The molecule has 5 rings (SSSR count). The van der Waals surface area contributed by atoms with Crippen LogP contribution in [0, 0.1) is 0 Å². The number of hydrogen-bond donors (Lipinski definition) is 1. The first-order chi connectivity index (χ1) is 13.8. The lowest BCUT2D eigenvalue weighted by atomic mass is 9.92. The number of imidazole rings is 1. The maximum atomic E-state index is 12.7. The zero-order chi connectivity index (χ0) is 18.9. The highest BCUT2D eigenvalue weighted by Crippen LogP contribution is 2.33. The van der Waals surface area contributed by atoms with E-state index in [9.17, 15) is 4.79 Å². The Hall–Kier alpha value is -2.93. The molecule has 1 amide bonds. The van der Waals surface area contributed by atoms with Gasteiger partial charge in [0.2, 0.25) is 5.88 Å². The Morgan fingerprint density at radius 1 is 1.14 bits per heavy atom. The van der Waals surface area contributed by atoms with Crippen LogP contribution in [0.2, 0.25) is 0 Å². The van der Waals surface area contributed by atoms with Gasteiger partial charge in [-0.15, -0.1) is 0 Å². The molecule has 3 aromatic rings. The van der Waals surface area contributed by atoms with Gasteiger partial charge in [0, 0.05) is 25.0 Å². The predicted molar refractivity (Wildman–Crippen MR) is 103 cm³/mol. The highest BCUT2D eigenvalue weighted by molar-refractivity contribution is 5.94. The molecule has 7 heteroatoms. The van der Waals surface area contributed by atoms with Gasteiger partial charge >= 0.3 is 0 Å². The van der Waals surface area contributed by atoms with Crippen LogP contribution < -0.4 is 4.74 Å². The van der Waals surface area contributed by atoms with Crippen molar-refractivity contribution in [3.63, 3.8) is 0 Å². The van der Waals surface area contributed by atoms with Crippen molar-refractivity contribution in [3.05, 3.63) is 54.0 Å². The van der Waals surface area contributed by atoms with Gasteiger partial charge in [-0.05, 0) is 37.0 Å². The van der Waals surface area contributed by atoms with Gasteiger partial charge in [-0.3, -0.25) is 4.79 Å². The molecular weight excluding hydrogens is 356 g/mol. The number of pyridine rings is 1. The fourth-order valence-corrected chi connectivity index (χ4v) is 3.86. The topological polar surface area (TPSA) is 80.3 Å². The number of hydrogen-bond acceptors (Lipinski definition) is 5. The number of likely N-dealkylation sites (tertiary alicyclic amines) is 1. The summed E-state index contributed by atoms with van der Waals surface area (Å²) >= 11 is 0. The lowest BCUT2D eigenvalue weighted by Crippen LogP contribution is -2.56. The molecule has 7 nitrogen and oxygen atoms in total. The Morgan fingerprint density at radius 3 is 2.79 bits per heavy atom. The summed E-state index contributed by atoms with van der Waals surface area (Å²) in [6.45, 7) is 2.64. The molecule has 144 valence electrons. The highest BCUT2D eigenvalue weighted by atomic mass is 16.5. The average molecular weight is 378 g/mol. The summed E-state index contributed by atoms with van der Waals surface area (Å²) in [5.41, 5.74) is 2.82. The second-order valence-electron chi connectivity index (χ2n) is 7.34. The molecule has 1 aromatic carbocycles. The van der Waals surface area contributed by atoms with E-state index in [0.717, 1.165) is 42.7 Å². The molecule has 0 saturated carbocycles. The minimum Gasteiger partial charge on any atom is -0.470 e. The van der Waals surface area contributed by atoms with Gasteiger partial charge in [0.25, 0.3) is 5.91 Å². The molecule has 0 unspecified atom stereocenters. The predicted octanol–water partition coefficient (Wildman–Crippen LogP) is 2.76. The van der Waals surface area contributed by atoms with Crippen molar-refractivity contribution in [1.29, 1.82) is 0 Å². The van der Waals surface area contributed by atoms with E-state index in [2.05, 4.69) is 21.0 Å². The van der Waals surface area contributed by atoms with Crippen molar-refractivity contribution in [2.45, 2.75) is 24.9 Å². The molecular formula is C21H22N4O3. The fourth-order valence-electron chi connectivity index (χ4n) is 3.86. The molecule has 0 atom stereocenters. The van der Waals surface area contributed by atoms with Gasteiger partial charge in [0.15, 0.2) is 5.82 Å². The number of aromatic nitrogens is 3. The number of nitrogens with one attached hydrogen (secondary N) is 1. The van der Waals surface area contributed by atoms with Gasteiger partial charge in [-0.25, -0.2) is 9.97 Å². The van der Waals surface area contributed by atoms with Crippen LogP contribution >= 0.6 is 0 Å². The van der Waals surface area contributed by atoms with Crippen molar-refractivity contribution >= 4 is 16.9 Å². The molecule has 28 heavy (non-hydrogen) atoms. The van der Waals surface area contributed by atoms with Crippen LogP contribution in [0.25, 0.3) is 11.0 Å². The Morgan fingerprint density at radius 2 is 1.96 bits per heavy atom. The van der Waals surface area contributed by atoms with E-state index < -0.39 is 0 Å². The van der Waals surface area contributed by atoms with Crippen molar-refractivity contribution < 1.29 is 14.3 Å². The van der Waals surface area contributed by atoms with Gasteiger partial charge in [0.1, 0.15) is 6.10 Å². The highest BCUT2D eigenvalue weighted by Gasteiger charge is 2.35. The lowest BCUT2D eigenvalue weighted by molar-refractivity contribution is 0.0141. The van der Waals surface area contributed by atoms with E-state index in [-0.39, 0.29) is 12.0 Å². The van der Waals surface area contributed by atoms with E-state index in [1.54, 1.807) is 11.1 Å². The van der Waals surface area contributed by atoms with Crippen molar-refractivity contribution in [2.24, 2.45) is 0 Å². The first-order valence-corrected chi connectivity index (χ1v) is 9.71. The number of aromatic amines is 1. The Kier molecular flexibility index (Phi) is 4.44. The second-order valence-corrected chi connectivity index (χ2v) is 7.34. The summed E-state index contributed by atoms with van der Waals surface area (Å²) in [5, 5.41) is 0. The molecule has 2 aliphatic heterocycles. The van der Waals surface area contributed by atoms with Gasteiger partial charge in [-0.1, -0.05) is 18.2 Å². The number of rotatable bonds is 4. The third-order valence-corrected chi connectivity index (χ3v) is 5.47. The first-order valence-electron chi connectivity index (χ1n) is 9.71. The Labute approximate surface area is 162 Å². The number of amides is 1. The van der Waals surface area contributed by atoms with E-state index in [0.29, 0.717) is 30.7 Å². The number of para-hydroxylation sites is 2. The molecule has 1 N–H and O–H groups in total. The number of H-pyrrole nitrogens is 1. The maximum Gasteiger partial charge on any atom is 0.289 e. The summed E-state index contributed by atoms with van der Waals surface area (Å²) in [4.78, 5) is 26.3. The van der Waals surface area contributed by atoms with Crippen LogP contribution in [-0.2, 0) is 4.74 Å². The van der Waals surface area contributed by atoms with E-state index in [1.165, 1.54) is 0 Å². The van der Waals surface area contributed by atoms with Crippen LogP contribution in [0.1, 0.15) is 34.9 Å². The van der Waals surface area contributed by atoms with Crippen LogP contribution in [0.4, 0.5) is 0 Å². The largest absolute Gasteiger partial charge is 0.470 e. The molecule has 0 aliphatic carbocycles. The van der Waals surface area contributed by atoms with Crippen molar-refractivity contribution in [3.8, 4) is 5.88 Å². The van der Waals surface area contributed by atoms with Crippen LogP contribution in [-0.4, -0.2) is 58.2 Å². The van der Waals surface area contributed by atoms with Crippen molar-refractivity contribution in [1.82, 2.24) is 19.9 Å². The quantitative estimate of drug-likeness (QED) is 0.755. The summed E-state index contributed by atoms with van der Waals surface area (Å²) in [6.07, 6.45) is 3.70. The van der Waals surface area contributed by atoms with Crippen LogP contribution in [0.3, 0.4) is 0 Å². The van der Waals surface area contributed by atoms with Crippen LogP contribution in [0.5, 0.6) is 5.88 Å². The summed E-state index contributed by atoms with van der Waals surface area (Å²) in [6, 6.07) is 11.7. The number of fused-ring (bicyclic) bond motifs is 1. The summed E-state index contributed by atoms with van der Waals surface area (Å²) < 4.78 is 11.6. The zero-order valence-corrected chi connectivity index (χ0v) is 15.5. The third-order valence-electron chi connectivity index (χ3n) is 5.47. The minimum atomic E-state index is -0.0956. The zero-order valence-electron chi connectivity index (χ0n) is 15.5. The first kappa shape index (κ1) is 17.2. The molecule has 2 aliphatic rings. The van der Waals surface area contributed by atoms with Gasteiger partial charge in [0.05, 0.1) is 24.1 Å². The second kappa shape index (κ2) is 7.24. The number of ether oxygens (including phenoxy) is 2. The smallest absolute Gasteiger partial charge is 0.289 e. The van der Waals surface area contributed by atoms with Crippen LogP contribution in [0.15, 0.2) is 42.6 Å². The summed E-state index contributed by atoms with van der Waals surface area (Å²) in [5.74, 6) is 1.39. The molecule has 0 radical (unpaired) electrons. The monoisotopic (exact) mass is 378 g/mol. The van der Waals surface area contributed by atoms with E-state index in [4.69, 9.17) is 9.47 Å². The van der Waals surface area contributed by atoms with Crippen molar-refractivity contribution in [2.75, 3.05) is 26.3 Å². The average Bonchev–Trinajstić information content (AvgIpc) is 3.15. The molecule has 2 fully saturated rings. The minimum absolute atomic E-state index is 0.0400. The Balaban J connectivity index is 1.23. The number of nitrogens with zero attached hydrogens (tertiary/aromatic N) is 3. The standard InChI is InChI=1S/C21H22N4O3/c26-21(19-23-17-5-1-2-6-18(17)24-19)25-12-15(13-25)28-20-16(4-3-9-22-20)14-7-10-27-11-8-14/h1-6,9,14-15H,7-8,10-13H2,(H,23,24). The third kappa shape index (κ3) is 3.22. The maximum absolute atomic E-state index is 12.7. The van der Waals surface area contributed by atoms with Gasteiger partial charge in [-0.2, -0.15) is 0 Å². The van der Waals surface area contributed by atoms with E-state index >= 15 is 0 Å². The molecule has 0 spiro atoms. The molecule has 2 saturated heterocycles. The molecule has 2 aromatic heterocycles. The molecule has 0 bridgehead atoms. The van der Waals surface area contributed by atoms with E-state index in [1.807, 2.05) is 30.3 Å². The number of carbonyl (C=O) groups excluding carboxylic acids is 1.